The molecule has 1 amide bonds. The number of carbonyl (C=O) groups is 2. The molecule has 1 aromatic heterocycles. The molecular formula is C10H11BrN2O3. The van der Waals surface area contributed by atoms with Crippen LogP contribution < -0.4 is 5.32 Å². The molecule has 0 fully saturated rings. The monoisotopic (exact) mass is 286 g/mol. The first-order valence-corrected chi connectivity index (χ1v) is 5.48. The third kappa shape index (κ3) is 3.98. The fourth-order valence-electron chi connectivity index (χ4n) is 1.01. The van der Waals surface area contributed by atoms with E-state index in [1.54, 1.807) is 19.1 Å². The summed E-state index contributed by atoms with van der Waals surface area (Å²) < 4.78 is 5.24. The number of carbonyl (C=O) groups excluding carboxylic acids is 2. The zero-order valence-corrected chi connectivity index (χ0v) is 10.3. The van der Waals surface area contributed by atoms with Crippen molar-refractivity contribution >= 4 is 27.8 Å². The minimum atomic E-state index is -0.455. The maximum Gasteiger partial charge on any atom is 0.325 e. The number of aromatic nitrogens is 1. The molecule has 0 spiro atoms. The van der Waals surface area contributed by atoms with Gasteiger partial charge < -0.3 is 10.1 Å². The summed E-state index contributed by atoms with van der Waals surface area (Å²) in [6.07, 6.45) is 1.50. The summed E-state index contributed by atoms with van der Waals surface area (Å²) in [6, 6.07) is 3.13. The van der Waals surface area contributed by atoms with Crippen LogP contribution in [0.25, 0.3) is 0 Å². The lowest BCUT2D eigenvalue weighted by Gasteiger charge is -2.04. The quantitative estimate of drug-likeness (QED) is 0.666. The lowest BCUT2D eigenvalue weighted by atomic mass is 10.2. The van der Waals surface area contributed by atoms with E-state index in [2.05, 4.69) is 31.0 Å². The minimum Gasteiger partial charge on any atom is -0.465 e. The molecule has 1 aromatic rings. The molecule has 86 valence electrons. The van der Waals surface area contributed by atoms with Crippen molar-refractivity contribution in [3.63, 3.8) is 0 Å². The second kappa shape index (κ2) is 6.22. The largest absolute Gasteiger partial charge is 0.465 e. The SMILES string of the molecule is CCOC(=O)CNC(=O)c1ccnc(Br)c1. The van der Waals surface area contributed by atoms with Crippen LogP contribution in [-0.4, -0.2) is 30.0 Å². The average Bonchev–Trinajstić information content (AvgIpc) is 2.26. The second-order valence-electron chi connectivity index (χ2n) is 2.85. The maximum absolute atomic E-state index is 11.5. The van der Waals surface area contributed by atoms with Gasteiger partial charge in [-0.3, -0.25) is 9.59 Å². The van der Waals surface area contributed by atoms with E-state index in [9.17, 15) is 9.59 Å². The topological polar surface area (TPSA) is 68.3 Å². The lowest BCUT2D eigenvalue weighted by Crippen LogP contribution is -2.30. The molecule has 1 heterocycles. The Morgan fingerprint density at radius 2 is 2.31 bits per heavy atom. The van der Waals surface area contributed by atoms with Gasteiger partial charge in [0.15, 0.2) is 0 Å². The number of nitrogens with zero attached hydrogens (tertiary/aromatic N) is 1. The van der Waals surface area contributed by atoms with Gasteiger partial charge >= 0.3 is 5.97 Å². The molecular weight excluding hydrogens is 276 g/mol. The van der Waals surface area contributed by atoms with E-state index >= 15 is 0 Å². The molecule has 6 heteroatoms. The molecule has 0 saturated heterocycles. The van der Waals surface area contributed by atoms with Crippen LogP contribution in [0.5, 0.6) is 0 Å². The summed E-state index contributed by atoms with van der Waals surface area (Å²) in [5, 5.41) is 2.45. The minimum absolute atomic E-state index is 0.132. The van der Waals surface area contributed by atoms with Crippen LogP contribution >= 0.6 is 15.9 Å². The molecule has 1 rings (SSSR count). The Hall–Kier alpha value is -1.43. The van der Waals surface area contributed by atoms with Crippen molar-refractivity contribution in [3.8, 4) is 0 Å². The molecule has 0 saturated carbocycles. The molecule has 0 aliphatic heterocycles. The van der Waals surface area contributed by atoms with E-state index in [0.717, 1.165) is 0 Å². The van der Waals surface area contributed by atoms with Crippen LogP contribution in [0.2, 0.25) is 0 Å². The fraction of sp³-hybridized carbons (Fsp3) is 0.300. The number of esters is 1. The molecule has 0 unspecified atom stereocenters. The number of nitrogens with one attached hydrogen (secondary N) is 1. The number of hydrogen-bond donors (Lipinski definition) is 1. The summed E-state index contributed by atoms with van der Waals surface area (Å²) in [5.41, 5.74) is 0.436. The van der Waals surface area contributed by atoms with E-state index < -0.39 is 5.97 Å². The summed E-state index contributed by atoms with van der Waals surface area (Å²) in [5.74, 6) is -0.792. The number of halogens is 1. The van der Waals surface area contributed by atoms with E-state index in [-0.39, 0.29) is 12.5 Å². The van der Waals surface area contributed by atoms with Gasteiger partial charge in [0.05, 0.1) is 6.61 Å². The van der Waals surface area contributed by atoms with Crippen molar-refractivity contribution in [2.45, 2.75) is 6.92 Å². The molecule has 0 aliphatic rings. The van der Waals surface area contributed by atoms with Crippen molar-refractivity contribution in [2.24, 2.45) is 0 Å². The highest BCUT2D eigenvalue weighted by Crippen LogP contribution is 2.07. The average molecular weight is 287 g/mol. The highest BCUT2D eigenvalue weighted by molar-refractivity contribution is 9.10. The molecule has 16 heavy (non-hydrogen) atoms. The Kier molecular flexibility index (Phi) is 4.91. The fourth-order valence-corrected chi connectivity index (χ4v) is 1.38. The molecule has 0 aliphatic carbocycles. The third-order valence-corrected chi connectivity index (χ3v) is 2.12. The van der Waals surface area contributed by atoms with Gasteiger partial charge in [-0.1, -0.05) is 0 Å². The van der Waals surface area contributed by atoms with Gasteiger partial charge in [0.2, 0.25) is 0 Å². The number of rotatable bonds is 4. The summed E-state index contributed by atoms with van der Waals surface area (Å²) in [6.45, 7) is 1.88. The van der Waals surface area contributed by atoms with Crippen molar-refractivity contribution in [1.82, 2.24) is 10.3 Å². The van der Waals surface area contributed by atoms with Crippen LogP contribution in [0.3, 0.4) is 0 Å². The Morgan fingerprint density at radius 3 is 2.94 bits per heavy atom. The van der Waals surface area contributed by atoms with Crippen molar-refractivity contribution in [1.29, 1.82) is 0 Å². The van der Waals surface area contributed by atoms with E-state index in [1.165, 1.54) is 6.20 Å². The second-order valence-corrected chi connectivity index (χ2v) is 3.67. The van der Waals surface area contributed by atoms with Crippen molar-refractivity contribution in [3.05, 3.63) is 28.5 Å². The Labute approximate surface area is 101 Å². The predicted molar refractivity (Wildman–Crippen MR) is 60.9 cm³/mol. The van der Waals surface area contributed by atoms with E-state index in [0.29, 0.717) is 16.8 Å². The summed E-state index contributed by atoms with van der Waals surface area (Å²) >= 11 is 3.15. The first-order valence-electron chi connectivity index (χ1n) is 4.69. The molecule has 0 radical (unpaired) electrons. The number of ether oxygens (including phenoxy) is 1. The predicted octanol–water partition coefficient (Wildman–Crippen LogP) is 1.14. The van der Waals surface area contributed by atoms with E-state index in [1.807, 2.05) is 0 Å². The normalized spacial score (nSPS) is 9.62. The molecule has 5 nitrogen and oxygen atoms in total. The van der Waals surface area contributed by atoms with Crippen molar-refractivity contribution < 1.29 is 14.3 Å². The van der Waals surface area contributed by atoms with Gasteiger partial charge in [0, 0.05) is 11.8 Å². The van der Waals surface area contributed by atoms with Gasteiger partial charge in [-0.25, -0.2) is 4.98 Å². The standard InChI is InChI=1S/C10H11BrN2O3/c1-2-16-9(14)6-13-10(15)7-3-4-12-8(11)5-7/h3-5H,2,6H2,1H3,(H,13,15). The van der Waals surface area contributed by atoms with Crippen LogP contribution in [0.1, 0.15) is 17.3 Å². The van der Waals surface area contributed by atoms with Gasteiger partial charge in [0.25, 0.3) is 5.91 Å². The van der Waals surface area contributed by atoms with Crippen LogP contribution in [0.15, 0.2) is 22.9 Å². The van der Waals surface area contributed by atoms with E-state index in [4.69, 9.17) is 0 Å². The highest BCUT2D eigenvalue weighted by Gasteiger charge is 2.08. The Balaban J connectivity index is 2.50. The van der Waals surface area contributed by atoms with Gasteiger partial charge in [-0.05, 0) is 35.0 Å². The van der Waals surface area contributed by atoms with Gasteiger partial charge in [0.1, 0.15) is 11.1 Å². The number of pyridine rings is 1. The molecule has 0 aromatic carbocycles. The van der Waals surface area contributed by atoms with Gasteiger partial charge in [-0.15, -0.1) is 0 Å². The number of hydrogen-bond acceptors (Lipinski definition) is 4. The molecule has 0 bridgehead atoms. The molecule has 0 atom stereocenters. The van der Waals surface area contributed by atoms with Gasteiger partial charge in [-0.2, -0.15) is 0 Å². The first-order chi connectivity index (χ1) is 7.63. The Morgan fingerprint density at radius 1 is 1.56 bits per heavy atom. The smallest absolute Gasteiger partial charge is 0.325 e. The first kappa shape index (κ1) is 12.6. The highest BCUT2D eigenvalue weighted by atomic mass is 79.9. The van der Waals surface area contributed by atoms with Crippen molar-refractivity contribution in [2.75, 3.05) is 13.2 Å². The van der Waals surface area contributed by atoms with Crippen LogP contribution in [0.4, 0.5) is 0 Å². The zero-order valence-electron chi connectivity index (χ0n) is 8.70. The number of amides is 1. The van der Waals surface area contributed by atoms with Crippen LogP contribution in [-0.2, 0) is 9.53 Å². The maximum atomic E-state index is 11.5. The van der Waals surface area contributed by atoms with Crippen LogP contribution in [0, 0.1) is 0 Å². The summed E-state index contributed by atoms with van der Waals surface area (Å²) in [4.78, 5) is 26.4. The third-order valence-electron chi connectivity index (χ3n) is 1.69. The zero-order chi connectivity index (χ0) is 12.0. The lowest BCUT2D eigenvalue weighted by molar-refractivity contribution is -0.141. The summed E-state index contributed by atoms with van der Waals surface area (Å²) in [7, 11) is 0. The molecule has 1 N–H and O–H groups in total. The Bertz CT molecular complexity index is 395.